The van der Waals surface area contributed by atoms with Crippen LogP contribution >= 0.6 is 0 Å². The molecule has 2 aliphatic heterocycles. The molecule has 8 heteroatoms. The normalized spacial score (nSPS) is 23.6. The fraction of sp³-hybridized carbons (Fsp3) is 0.441. The van der Waals surface area contributed by atoms with Crippen LogP contribution in [-0.2, 0) is 6.54 Å². The average molecular weight is 569 g/mol. The highest BCUT2D eigenvalue weighted by Crippen LogP contribution is 2.49. The molecular weight excluding hydrogens is 528 g/mol. The molecule has 3 heterocycles. The minimum absolute atomic E-state index is 0.0108. The van der Waals surface area contributed by atoms with Gasteiger partial charge in [-0.2, -0.15) is 0 Å². The first-order chi connectivity index (χ1) is 20.4. The molecule has 2 aromatic carbocycles. The van der Waals surface area contributed by atoms with E-state index in [1.54, 1.807) is 6.07 Å². The molecule has 8 nitrogen and oxygen atoms in total. The number of hydrogen-bond acceptors (Lipinski definition) is 3. The van der Waals surface area contributed by atoms with Crippen molar-refractivity contribution in [1.29, 1.82) is 0 Å². The third-order valence-electron chi connectivity index (χ3n) is 9.87. The molecule has 1 aliphatic carbocycles. The number of amides is 3. The second-order valence-electron chi connectivity index (χ2n) is 12.3. The summed E-state index contributed by atoms with van der Waals surface area (Å²) in [4.78, 5) is 42.7. The van der Waals surface area contributed by atoms with Crippen molar-refractivity contribution in [3.8, 4) is 11.1 Å². The number of aromatic nitrogens is 1. The van der Waals surface area contributed by atoms with E-state index in [1.807, 2.05) is 87.3 Å². The summed E-state index contributed by atoms with van der Waals surface area (Å²) in [7, 11) is 0. The van der Waals surface area contributed by atoms with E-state index in [1.165, 1.54) is 0 Å². The van der Waals surface area contributed by atoms with Gasteiger partial charge in [-0.1, -0.05) is 73.5 Å². The summed E-state index contributed by atoms with van der Waals surface area (Å²) in [6, 6.07) is 23.4. The van der Waals surface area contributed by atoms with Gasteiger partial charge >= 0.3 is 12.1 Å². The van der Waals surface area contributed by atoms with Gasteiger partial charge in [-0.3, -0.25) is 4.79 Å². The Morgan fingerprint density at radius 3 is 2.31 bits per heavy atom. The van der Waals surface area contributed by atoms with Crippen LogP contribution in [0.5, 0.6) is 0 Å². The highest BCUT2D eigenvalue weighted by atomic mass is 16.4. The maximum atomic E-state index is 14.2. The minimum Gasteiger partial charge on any atom is -0.465 e. The highest BCUT2D eigenvalue weighted by Gasteiger charge is 2.47. The summed E-state index contributed by atoms with van der Waals surface area (Å²) in [5.41, 5.74) is 3.04. The molecule has 3 aromatic rings. The number of likely N-dealkylation sites (tertiary alicyclic amines) is 2. The molecule has 3 amide bonds. The molecular formula is C34H40N4O4. The number of rotatable bonds is 5. The van der Waals surface area contributed by atoms with Gasteiger partial charge in [-0.15, -0.1) is 0 Å². The van der Waals surface area contributed by atoms with Crippen molar-refractivity contribution in [3.63, 3.8) is 0 Å². The Morgan fingerprint density at radius 1 is 0.905 bits per heavy atom. The monoisotopic (exact) mass is 568 g/mol. The standard InChI is InChI=1S/C34H40N4O4/c39-31-21-27(25-9-3-1-4-10-25)13-18-36(31)23-28-14-19-37(24-34(28)16-7-8-17-34)33(42)38-20-15-29(35-32(40)41)22-30(38)26-11-5-2-6-12-26/h1-6,9-13,18,21,28-30,35H,7-8,14-17,19-20,22-24H2,(H,40,41)/t28-,29-,30+/m1/s1. The average Bonchev–Trinajstić information content (AvgIpc) is 3.48. The molecule has 0 bridgehead atoms. The van der Waals surface area contributed by atoms with Crippen LogP contribution in [-0.4, -0.2) is 57.3 Å². The number of carboxylic acid groups (broad SMARTS) is 1. The van der Waals surface area contributed by atoms with Gasteiger partial charge in [0.2, 0.25) is 0 Å². The van der Waals surface area contributed by atoms with Gasteiger partial charge in [0.15, 0.2) is 0 Å². The maximum Gasteiger partial charge on any atom is 0.404 e. The van der Waals surface area contributed by atoms with Gasteiger partial charge in [0.05, 0.1) is 6.04 Å². The van der Waals surface area contributed by atoms with Crippen LogP contribution in [0.3, 0.4) is 0 Å². The number of piperidine rings is 2. The van der Waals surface area contributed by atoms with Crippen molar-refractivity contribution >= 4 is 12.1 Å². The Balaban J connectivity index is 1.19. The lowest BCUT2D eigenvalue weighted by Crippen LogP contribution is -2.57. The third kappa shape index (κ3) is 5.80. The van der Waals surface area contributed by atoms with Gasteiger partial charge in [-0.25, -0.2) is 9.59 Å². The van der Waals surface area contributed by atoms with E-state index < -0.39 is 6.09 Å². The molecule has 42 heavy (non-hydrogen) atoms. The molecule has 3 atom stereocenters. The second kappa shape index (κ2) is 12.0. The molecule has 0 radical (unpaired) electrons. The maximum absolute atomic E-state index is 14.2. The molecule has 1 saturated carbocycles. The number of carbonyl (C=O) groups excluding carboxylic acids is 1. The van der Waals surface area contributed by atoms with Crippen LogP contribution < -0.4 is 10.9 Å². The Bertz CT molecular complexity index is 1450. The smallest absolute Gasteiger partial charge is 0.404 e. The molecule has 3 aliphatic rings. The number of nitrogens with zero attached hydrogens (tertiary/aromatic N) is 3. The fourth-order valence-electron chi connectivity index (χ4n) is 7.68. The first-order valence-electron chi connectivity index (χ1n) is 15.3. The molecule has 6 rings (SSSR count). The summed E-state index contributed by atoms with van der Waals surface area (Å²) in [6.07, 6.45) is 7.40. The van der Waals surface area contributed by atoms with Gasteiger partial charge in [-0.05, 0) is 66.2 Å². The lowest BCUT2D eigenvalue weighted by Gasteiger charge is -2.49. The van der Waals surface area contributed by atoms with Crippen LogP contribution in [0, 0.1) is 11.3 Å². The molecule has 220 valence electrons. The van der Waals surface area contributed by atoms with E-state index >= 15 is 0 Å². The first-order valence-corrected chi connectivity index (χ1v) is 15.3. The first kappa shape index (κ1) is 28.1. The highest BCUT2D eigenvalue weighted by molar-refractivity contribution is 5.75. The number of hydrogen-bond donors (Lipinski definition) is 2. The van der Waals surface area contributed by atoms with Crippen molar-refractivity contribution < 1.29 is 14.7 Å². The van der Waals surface area contributed by atoms with Gasteiger partial charge in [0.25, 0.3) is 5.56 Å². The number of urea groups is 1. The van der Waals surface area contributed by atoms with Crippen LogP contribution in [0.2, 0.25) is 0 Å². The summed E-state index contributed by atoms with van der Waals surface area (Å²) in [5.74, 6) is 0.333. The largest absolute Gasteiger partial charge is 0.465 e. The Hall–Kier alpha value is -4.07. The van der Waals surface area contributed by atoms with Crippen molar-refractivity contribution in [3.05, 3.63) is 94.9 Å². The zero-order chi connectivity index (χ0) is 29.1. The third-order valence-corrected chi connectivity index (χ3v) is 9.87. The molecule has 2 N–H and O–H groups in total. The minimum atomic E-state index is -1.02. The summed E-state index contributed by atoms with van der Waals surface area (Å²) < 4.78 is 1.86. The van der Waals surface area contributed by atoms with Crippen molar-refractivity contribution in [1.82, 2.24) is 19.7 Å². The van der Waals surface area contributed by atoms with Gasteiger partial charge in [0.1, 0.15) is 0 Å². The molecule has 3 fully saturated rings. The topological polar surface area (TPSA) is 94.9 Å². The number of benzene rings is 2. The van der Waals surface area contributed by atoms with Crippen molar-refractivity contribution in [2.75, 3.05) is 19.6 Å². The lowest BCUT2D eigenvalue weighted by molar-refractivity contribution is 0.0208. The van der Waals surface area contributed by atoms with E-state index in [4.69, 9.17) is 0 Å². The molecule has 2 saturated heterocycles. The number of pyridine rings is 1. The Morgan fingerprint density at radius 2 is 1.62 bits per heavy atom. The van der Waals surface area contributed by atoms with Crippen LogP contribution in [0.1, 0.15) is 56.6 Å². The van der Waals surface area contributed by atoms with Gasteiger partial charge in [0, 0.05) is 44.5 Å². The summed E-state index contributed by atoms with van der Waals surface area (Å²) in [6.45, 7) is 2.56. The second-order valence-corrected chi connectivity index (χ2v) is 12.3. The fourth-order valence-corrected chi connectivity index (χ4v) is 7.68. The van der Waals surface area contributed by atoms with Crippen LogP contribution in [0.15, 0.2) is 83.8 Å². The van der Waals surface area contributed by atoms with Crippen LogP contribution in [0.25, 0.3) is 11.1 Å². The summed E-state index contributed by atoms with van der Waals surface area (Å²) >= 11 is 0. The molecule has 0 unspecified atom stereocenters. The summed E-state index contributed by atoms with van der Waals surface area (Å²) in [5, 5.41) is 12.0. The van der Waals surface area contributed by atoms with E-state index in [0.717, 1.165) is 48.8 Å². The quantitative estimate of drug-likeness (QED) is 0.395. The SMILES string of the molecule is O=C(O)N[C@@H]1CCN(C(=O)N2CC[C@H](Cn3ccc(-c4ccccc4)cc3=O)C3(CCCC3)C2)[C@H](c2ccccc2)C1. The lowest BCUT2D eigenvalue weighted by atomic mass is 9.69. The van der Waals surface area contributed by atoms with Crippen LogP contribution in [0.4, 0.5) is 9.59 Å². The van der Waals surface area contributed by atoms with E-state index in [2.05, 4.69) is 5.32 Å². The number of carbonyl (C=O) groups is 2. The molecule has 1 spiro atoms. The van der Waals surface area contributed by atoms with Crippen molar-refractivity contribution in [2.24, 2.45) is 11.3 Å². The Kier molecular flexibility index (Phi) is 8.05. The van der Waals surface area contributed by atoms with E-state index in [0.29, 0.717) is 44.9 Å². The van der Waals surface area contributed by atoms with E-state index in [-0.39, 0.29) is 29.1 Å². The predicted octanol–water partition coefficient (Wildman–Crippen LogP) is 5.99. The zero-order valence-corrected chi connectivity index (χ0v) is 24.0. The number of nitrogens with one attached hydrogen (secondary N) is 1. The molecule has 1 aromatic heterocycles. The van der Waals surface area contributed by atoms with Crippen molar-refractivity contribution in [2.45, 2.75) is 63.6 Å². The Labute approximate surface area is 247 Å². The van der Waals surface area contributed by atoms with Gasteiger partial charge < -0.3 is 24.8 Å². The zero-order valence-electron chi connectivity index (χ0n) is 24.0. The van der Waals surface area contributed by atoms with E-state index in [9.17, 15) is 19.5 Å². The predicted molar refractivity (Wildman–Crippen MR) is 162 cm³/mol.